The number of hydrogen-bond donors (Lipinski definition) is 0. The summed E-state index contributed by atoms with van der Waals surface area (Å²) in [7, 11) is 1.03. The second-order valence-corrected chi connectivity index (χ2v) is 5.87. The van der Waals surface area contributed by atoms with Crippen LogP contribution in [0.15, 0.2) is 12.0 Å². The largest absolute Gasteiger partial charge is 0.326 e. The second-order valence-electron chi connectivity index (χ2n) is 3.99. The Balaban J connectivity index is 2.66. The molecule has 0 aliphatic carbocycles. The van der Waals surface area contributed by atoms with Crippen molar-refractivity contribution >= 4 is 10.0 Å². The van der Waals surface area contributed by atoms with E-state index in [9.17, 15) is 8.42 Å². The quantitative estimate of drug-likeness (QED) is 0.588. The molecule has 5 heteroatoms. The Hall–Kier alpha value is -0.390. The SMILES string of the molecule is C=CS(=O)(=O)N1CC[N+](C)(C)CC1. The molecular weight excluding hydrogens is 188 g/mol. The van der Waals surface area contributed by atoms with Crippen molar-refractivity contribution < 1.29 is 12.9 Å². The van der Waals surface area contributed by atoms with Gasteiger partial charge in [-0.1, -0.05) is 6.58 Å². The van der Waals surface area contributed by atoms with Crippen molar-refractivity contribution in [3.05, 3.63) is 12.0 Å². The number of rotatable bonds is 2. The van der Waals surface area contributed by atoms with Gasteiger partial charge in [0.2, 0.25) is 10.0 Å². The van der Waals surface area contributed by atoms with Gasteiger partial charge in [-0.2, -0.15) is 4.31 Å². The van der Waals surface area contributed by atoms with E-state index in [1.165, 1.54) is 4.31 Å². The third kappa shape index (κ3) is 2.52. The maximum absolute atomic E-state index is 11.4. The van der Waals surface area contributed by atoms with E-state index in [0.717, 1.165) is 23.0 Å². The van der Waals surface area contributed by atoms with Gasteiger partial charge in [0, 0.05) is 5.41 Å². The summed E-state index contributed by atoms with van der Waals surface area (Å²) in [5, 5.41) is 1.03. The summed E-state index contributed by atoms with van der Waals surface area (Å²) >= 11 is 0. The monoisotopic (exact) mass is 205 g/mol. The molecule has 1 aliphatic heterocycles. The number of likely N-dealkylation sites (N-methyl/N-ethyl adjacent to an activating group) is 1. The van der Waals surface area contributed by atoms with Crippen LogP contribution < -0.4 is 0 Å². The molecule has 1 heterocycles. The topological polar surface area (TPSA) is 37.4 Å². The fourth-order valence-electron chi connectivity index (χ4n) is 1.35. The number of nitrogens with zero attached hydrogens (tertiary/aromatic N) is 2. The van der Waals surface area contributed by atoms with Gasteiger partial charge in [0.05, 0.1) is 40.3 Å². The van der Waals surface area contributed by atoms with Crippen molar-refractivity contribution in [1.29, 1.82) is 0 Å². The summed E-state index contributed by atoms with van der Waals surface area (Å²) in [4.78, 5) is 0. The van der Waals surface area contributed by atoms with Crippen LogP contribution in [-0.4, -0.2) is 57.5 Å². The summed E-state index contributed by atoms with van der Waals surface area (Å²) in [5.74, 6) is 0. The van der Waals surface area contributed by atoms with Gasteiger partial charge in [0.15, 0.2) is 0 Å². The summed E-state index contributed by atoms with van der Waals surface area (Å²) in [6.45, 7) is 6.24. The number of sulfonamides is 1. The molecule has 0 spiro atoms. The molecule has 1 saturated heterocycles. The molecule has 0 amide bonds. The zero-order chi connectivity index (χ0) is 10.1. The molecule has 1 fully saturated rings. The number of quaternary nitrogens is 1. The second kappa shape index (κ2) is 3.40. The molecule has 0 unspecified atom stereocenters. The van der Waals surface area contributed by atoms with Gasteiger partial charge in [-0.15, -0.1) is 0 Å². The lowest BCUT2D eigenvalue weighted by Crippen LogP contribution is -2.55. The van der Waals surface area contributed by atoms with Crippen LogP contribution in [-0.2, 0) is 10.0 Å². The number of piperazine rings is 1. The highest BCUT2D eigenvalue weighted by Gasteiger charge is 2.29. The minimum absolute atomic E-state index is 0.599. The Morgan fingerprint density at radius 1 is 1.31 bits per heavy atom. The molecule has 0 saturated carbocycles. The predicted molar refractivity (Wildman–Crippen MR) is 52.5 cm³/mol. The van der Waals surface area contributed by atoms with Gasteiger partial charge in [0.1, 0.15) is 0 Å². The molecule has 0 aromatic carbocycles. The molecule has 0 bridgehead atoms. The summed E-state index contributed by atoms with van der Waals surface area (Å²) in [5.41, 5.74) is 0. The first-order chi connectivity index (χ1) is 5.87. The fraction of sp³-hybridized carbons (Fsp3) is 0.750. The summed E-state index contributed by atoms with van der Waals surface area (Å²) < 4.78 is 25.1. The normalized spacial score (nSPS) is 24.2. The number of hydrogen-bond acceptors (Lipinski definition) is 2. The Morgan fingerprint density at radius 2 is 1.77 bits per heavy atom. The van der Waals surface area contributed by atoms with Crippen molar-refractivity contribution in [3.8, 4) is 0 Å². The van der Waals surface area contributed by atoms with Gasteiger partial charge in [-0.25, -0.2) is 8.42 Å². The standard InChI is InChI=1S/C8H17N2O2S/c1-4-13(11,12)9-5-7-10(2,3)8-6-9/h4H,1,5-8H2,2-3H3/q+1. The highest BCUT2D eigenvalue weighted by Crippen LogP contribution is 2.11. The van der Waals surface area contributed by atoms with E-state index in [2.05, 4.69) is 20.7 Å². The maximum Gasteiger partial charge on any atom is 0.236 e. The molecule has 0 N–H and O–H groups in total. The minimum atomic E-state index is -3.18. The molecule has 0 radical (unpaired) electrons. The van der Waals surface area contributed by atoms with Crippen molar-refractivity contribution in [2.45, 2.75) is 0 Å². The summed E-state index contributed by atoms with van der Waals surface area (Å²) in [6.07, 6.45) is 0. The lowest BCUT2D eigenvalue weighted by atomic mass is 10.3. The zero-order valence-electron chi connectivity index (χ0n) is 8.23. The van der Waals surface area contributed by atoms with Gasteiger partial charge in [-0.3, -0.25) is 0 Å². The minimum Gasteiger partial charge on any atom is -0.326 e. The van der Waals surface area contributed by atoms with Crippen LogP contribution in [0.4, 0.5) is 0 Å². The van der Waals surface area contributed by atoms with Crippen LogP contribution in [0.1, 0.15) is 0 Å². The van der Waals surface area contributed by atoms with Gasteiger partial charge >= 0.3 is 0 Å². The molecule has 0 atom stereocenters. The van der Waals surface area contributed by atoms with Crippen LogP contribution in [0.3, 0.4) is 0 Å². The van der Waals surface area contributed by atoms with E-state index in [-0.39, 0.29) is 0 Å². The molecule has 1 aliphatic rings. The average Bonchev–Trinajstić information content (AvgIpc) is 2.04. The maximum atomic E-state index is 11.4. The van der Waals surface area contributed by atoms with E-state index in [4.69, 9.17) is 0 Å². The predicted octanol–water partition coefficient (Wildman–Crippen LogP) is -0.148. The van der Waals surface area contributed by atoms with Gasteiger partial charge in [-0.05, 0) is 0 Å². The van der Waals surface area contributed by atoms with Crippen LogP contribution in [0, 0.1) is 0 Å². The molecule has 76 valence electrons. The van der Waals surface area contributed by atoms with E-state index in [0.29, 0.717) is 13.1 Å². The lowest BCUT2D eigenvalue weighted by Gasteiger charge is -2.37. The van der Waals surface area contributed by atoms with Crippen molar-refractivity contribution in [1.82, 2.24) is 4.31 Å². The molecule has 1 rings (SSSR count). The van der Waals surface area contributed by atoms with Crippen LogP contribution in [0.2, 0.25) is 0 Å². The first-order valence-electron chi connectivity index (χ1n) is 4.32. The lowest BCUT2D eigenvalue weighted by molar-refractivity contribution is -0.893. The van der Waals surface area contributed by atoms with E-state index in [1.807, 2.05) is 0 Å². The fourth-order valence-corrected chi connectivity index (χ4v) is 2.23. The first-order valence-corrected chi connectivity index (χ1v) is 5.82. The van der Waals surface area contributed by atoms with Crippen LogP contribution in [0.5, 0.6) is 0 Å². The zero-order valence-corrected chi connectivity index (χ0v) is 9.05. The average molecular weight is 205 g/mol. The highest BCUT2D eigenvalue weighted by atomic mass is 32.2. The molecule has 0 aromatic heterocycles. The van der Waals surface area contributed by atoms with Crippen LogP contribution >= 0.6 is 0 Å². The van der Waals surface area contributed by atoms with E-state index in [1.54, 1.807) is 0 Å². The van der Waals surface area contributed by atoms with E-state index < -0.39 is 10.0 Å². The smallest absolute Gasteiger partial charge is 0.236 e. The van der Waals surface area contributed by atoms with Crippen LogP contribution in [0.25, 0.3) is 0 Å². The molecule has 13 heavy (non-hydrogen) atoms. The Bertz CT molecular complexity index is 285. The molecular formula is C8H17N2O2S+. The molecule has 4 nitrogen and oxygen atoms in total. The third-order valence-electron chi connectivity index (χ3n) is 2.48. The van der Waals surface area contributed by atoms with E-state index >= 15 is 0 Å². The Kier molecular flexibility index (Phi) is 2.79. The third-order valence-corrected chi connectivity index (χ3v) is 3.99. The Morgan fingerprint density at radius 3 is 2.15 bits per heavy atom. The van der Waals surface area contributed by atoms with Gasteiger partial charge in [0.25, 0.3) is 0 Å². The highest BCUT2D eigenvalue weighted by molar-refractivity contribution is 7.92. The Labute approximate surface area is 80.1 Å². The summed E-state index contributed by atoms with van der Waals surface area (Å²) in [6, 6.07) is 0. The first kappa shape index (κ1) is 10.7. The van der Waals surface area contributed by atoms with Gasteiger partial charge < -0.3 is 4.48 Å². The van der Waals surface area contributed by atoms with Crippen molar-refractivity contribution in [3.63, 3.8) is 0 Å². The molecule has 0 aromatic rings. The van der Waals surface area contributed by atoms with Crippen molar-refractivity contribution in [2.24, 2.45) is 0 Å². The van der Waals surface area contributed by atoms with Crippen molar-refractivity contribution in [2.75, 3.05) is 40.3 Å².